The molecule has 0 aromatic carbocycles. The summed E-state index contributed by atoms with van der Waals surface area (Å²) in [6, 6.07) is 0. The Balaban J connectivity index is 1.28. The Morgan fingerprint density at radius 1 is 0.909 bits per heavy atom. The van der Waals surface area contributed by atoms with Gasteiger partial charge in [-0.1, -0.05) is 13.8 Å². The molecule has 7 heteroatoms. The van der Waals surface area contributed by atoms with E-state index in [1.165, 1.54) is 6.42 Å². The van der Waals surface area contributed by atoms with Gasteiger partial charge in [0.25, 0.3) is 0 Å². The molecule has 1 aliphatic heterocycles. The molecule has 7 nitrogen and oxygen atoms in total. The Morgan fingerprint density at radius 2 is 1.67 bits per heavy atom. The Bertz CT molecular complexity index is 738. The van der Waals surface area contributed by atoms with E-state index in [2.05, 4.69) is 13.8 Å². The molecule has 4 aliphatic carbocycles. The Kier molecular flexibility index (Phi) is 6.21. The number of aliphatic hydroxyl groups excluding tert-OH is 3. The van der Waals surface area contributed by atoms with Gasteiger partial charge in [-0.15, -0.1) is 0 Å². The molecule has 5 rings (SSSR count). The van der Waals surface area contributed by atoms with Gasteiger partial charge in [-0.3, -0.25) is 0 Å². The first-order valence-electron chi connectivity index (χ1n) is 13.3. The lowest BCUT2D eigenvalue weighted by Gasteiger charge is -2.63. The molecule has 0 amide bonds. The normalized spacial score (nSPS) is 58.9. The number of rotatable bonds is 3. The number of aliphatic hydroxyl groups is 4. The molecule has 33 heavy (non-hydrogen) atoms. The van der Waals surface area contributed by atoms with Crippen molar-refractivity contribution in [3.8, 4) is 0 Å². The number of hydrogen-bond acceptors (Lipinski definition) is 7. The van der Waals surface area contributed by atoms with Gasteiger partial charge in [-0.25, -0.2) is 0 Å². The lowest BCUT2D eigenvalue weighted by molar-refractivity contribution is -0.310. The summed E-state index contributed by atoms with van der Waals surface area (Å²) in [4.78, 5) is 0. The van der Waals surface area contributed by atoms with E-state index in [4.69, 9.17) is 15.2 Å². The summed E-state index contributed by atoms with van der Waals surface area (Å²) in [7, 11) is 0. The summed E-state index contributed by atoms with van der Waals surface area (Å²) >= 11 is 0. The van der Waals surface area contributed by atoms with Gasteiger partial charge < -0.3 is 35.6 Å². The third-order valence-electron chi connectivity index (χ3n) is 11.4. The maximum Gasteiger partial charge on any atom is 0.186 e. The molecular weight excluding hydrogens is 422 g/mol. The molecule has 2 unspecified atom stereocenters. The van der Waals surface area contributed by atoms with Gasteiger partial charge in [0, 0.05) is 5.41 Å². The van der Waals surface area contributed by atoms with Gasteiger partial charge in [0.05, 0.1) is 17.8 Å². The van der Waals surface area contributed by atoms with Crippen molar-refractivity contribution in [1.29, 1.82) is 0 Å². The highest BCUT2D eigenvalue weighted by Gasteiger charge is 2.67. The summed E-state index contributed by atoms with van der Waals surface area (Å²) < 4.78 is 11.9. The first-order chi connectivity index (χ1) is 15.5. The molecule has 1 saturated heterocycles. The van der Waals surface area contributed by atoms with Crippen LogP contribution in [0.25, 0.3) is 0 Å². The van der Waals surface area contributed by atoms with Gasteiger partial charge in [0.1, 0.15) is 18.3 Å². The molecule has 6 N–H and O–H groups in total. The molecule has 0 bridgehead atoms. The monoisotopic (exact) mass is 467 g/mol. The fourth-order valence-electron chi connectivity index (χ4n) is 9.11. The quantitative estimate of drug-likeness (QED) is 0.402. The minimum atomic E-state index is -1.26. The Morgan fingerprint density at radius 3 is 2.39 bits per heavy atom. The zero-order valence-electron chi connectivity index (χ0n) is 20.5. The van der Waals surface area contributed by atoms with E-state index >= 15 is 0 Å². The molecular formula is C26H45NO6. The van der Waals surface area contributed by atoms with Crippen LogP contribution in [-0.4, -0.2) is 69.4 Å². The van der Waals surface area contributed by atoms with Crippen molar-refractivity contribution in [3.63, 3.8) is 0 Å². The van der Waals surface area contributed by atoms with Crippen LogP contribution in [0.2, 0.25) is 0 Å². The van der Waals surface area contributed by atoms with Crippen molar-refractivity contribution < 1.29 is 29.9 Å². The molecule has 5 fully saturated rings. The third-order valence-corrected chi connectivity index (χ3v) is 11.4. The maximum atomic E-state index is 12.1. The van der Waals surface area contributed by atoms with E-state index in [0.29, 0.717) is 30.2 Å². The highest BCUT2D eigenvalue weighted by atomic mass is 16.7. The predicted molar refractivity (Wildman–Crippen MR) is 123 cm³/mol. The van der Waals surface area contributed by atoms with E-state index in [0.717, 1.165) is 51.4 Å². The molecule has 190 valence electrons. The topological polar surface area (TPSA) is 125 Å². The van der Waals surface area contributed by atoms with E-state index in [9.17, 15) is 20.4 Å². The molecule has 13 atom stereocenters. The predicted octanol–water partition coefficient (Wildman–Crippen LogP) is 1.93. The second-order valence-electron chi connectivity index (χ2n) is 12.6. The van der Waals surface area contributed by atoms with Crippen molar-refractivity contribution in [2.75, 3.05) is 6.54 Å². The van der Waals surface area contributed by atoms with Crippen molar-refractivity contribution in [2.45, 2.75) is 121 Å². The molecule has 0 aromatic rings. The van der Waals surface area contributed by atoms with E-state index in [1.807, 2.05) is 0 Å². The van der Waals surface area contributed by atoms with E-state index in [1.54, 1.807) is 6.92 Å². The summed E-state index contributed by atoms with van der Waals surface area (Å²) in [6.45, 7) is 7.11. The van der Waals surface area contributed by atoms with Crippen LogP contribution in [0.4, 0.5) is 0 Å². The van der Waals surface area contributed by atoms with E-state index < -0.39 is 36.3 Å². The minimum absolute atomic E-state index is 0.0287. The van der Waals surface area contributed by atoms with Crippen LogP contribution >= 0.6 is 0 Å². The smallest absolute Gasteiger partial charge is 0.186 e. The first-order valence-corrected chi connectivity index (χ1v) is 13.3. The zero-order valence-corrected chi connectivity index (χ0v) is 20.5. The van der Waals surface area contributed by atoms with Gasteiger partial charge >= 0.3 is 0 Å². The van der Waals surface area contributed by atoms with Gasteiger partial charge in [-0.05, 0) is 100 Å². The van der Waals surface area contributed by atoms with Crippen LogP contribution < -0.4 is 5.73 Å². The number of fused-ring (bicyclic) bond motifs is 5. The van der Waals surface area contributed by atoms with Crippen LogP contribution in [0.1, 0.15) is 78.6 Å². The summed E-state index contributed by atoms with van der Waals surface area (Å²) in [6.07, 6.45) is 4.03. The zero-order chi connectivity index (χ0) is 23.8. The minimum Gasteiger partial charge on any atom is -0.389 e. The molecule has 0 radical (unpaired) electrons. The summed E-state index contributed by atoms with van der Waals surface area (Å²) in [5.74, 6) is 1.83. The largest absolute Gasteiger partial charge is 0.389 e. The molecule has 1 heterocycles. The number of nitrogens with two attached hydrogens (primary N) is 1. The fourth-order valence-corrected chi connectivity index (χ4v) is 9.11. The van der Waals surface area contributed by atoms with Gasteiger partial charge in [0.15, 0.2) is 6.29 Å². The molecule has 5 aliphatic rings. The van der Waals surface area contributed by atoms with Crippen molar-refractivity contribution >= 4 is 0 Å². The Hall–Kier alpha value is -0.280. The van der Waals surface area contributed by atoms with Crippen LogP contribution in [0.5, 0.6) is 0 Å². The third kappa shape index (κ3) is 3.48. The first kappa shape index (κ1) is 24.4. The SMILES string of the molecule is C[C@@H]1O[C@@H](O[C@H]2CC[C@]3(C)C4CC[C@]5(C)[C@@H](CN)CC[C@]5(O)C4CC[C@@H]3C2)[C@H](O)[C@H](O)[C@H]1O. The average Bonchev–Trinajstić information content (AvgIpc) is 3.06. The lowest BCUT2D eigenvalue weighted by Crippen LogP contribution is -2.63. The van der Waals surface area contributed by atoms with Gasteiger partial charge in [0.2, 0.25) is 0 Å². The van der Waals surface area contributed by atoms with Crippen molar-refractivity contribution in [1.82, 2.24) is 0 Å². The van der Waals surface area contributed by atoms with Crippen molar-refractivity contribution in [2.24, 2.45) is 40.2 Å². The summed E-state index contributed by atoms with van der Waals surface area (Å²) in [5, 5.41) is 42.5. The lowest BCUT2D eigenvalue weighted by atomic mass is 9.43. The van der Waals surface area contributed by atoms with Crippen LogP contribution in [0.3, 0.4) is 0 Å². The second-order valence-corrected chi connectivity index (χ2v) is 12.6. The standard InChI is InChI=1S/C26H45NO6/c1-14-20(28)21(29)22(30)23(32-14)33-17-7-9-24(2)15(12-17)4-5-19-18(24)8-10-25(3)16(13-27)6-11-26(19,25)31/h14-23,28-31H,4-13,27H2,1-3H3/t14-,15+,16+,17-,18?,19?,20-,21+,22+,23-,24-,25+,26-/m0/s1. The summed E-state index contributed by atoms with van der Waals surface area (Å²) in [5.41, 5.74) is 5.68. The van der Waals surface area contributed by atoms with Crippen LogP contribution in [0, 0.1) is 34.5 Å². The van der Waals surface area contributed by atoms with Crippen molar-refractivity contribution in [3.05, 3.63) is 0 Å². The fraction of sp³-hybridized carbons (Fsp3) is 1.00. The molecule has 0 spiro atoms. The highest BCUT2D eigenvalue weighted by Crippen LogP contribution is 2.68. The van der Waals surface area contributed by atoms with Gasteiger partial charge in [-0.2, -0.15) is 0 Å². The molecule has 0 aromatic heterocycles. The maximum absolute atomic E-state index is 12.1. The van der Waals surface area contributed by atoms with E-state index in [-0.39, 0.29) is 16.9 Å². The number of ether oxygens (including phenoxy) is 2. The number of hydrogen-bond donors (Lipinski definition) is 5. The molecule has 4 saturated carbocycles. The van der Waals surface area contributed by atoms with Crippen LogP contribution in [-0.2, 0) is 9.47 Å². The average molecular weight is 468 g/mol. The Labute approximate surface area is 198 Å². The highest BCUT2D eigenvalue weighted by molar-refractivity contribution is 5.17. The second kappa shape index (κ2) is 8.39. The van der Waals surface area contributed by atoms with Crippen LogP contribution in [0.15, 0.2) is 0 Å².